The highest BCUT2D eigenvalue weighted by atomic mass is 16.7. The van der Waals surface area contributed by atoms with Gasteiger partial charge in [-0.3, -0.25) is 0 Å². The van der Waals surface area contributed by atoms with Crippen LogP contribution < -0.4 is 0 Å². The van der Waals surface area contributed by atoms with Crippen LogP contribution in [-0.4, -0.2) is 35.3 Å². The summed E-state index contributed by atoms with van der Waals surface area (Å²) in [6.45, 7) is 0.280. The summed E-state index contributed by atoms with van der Waals surface area (Å²) < 4.78 is 10.8. The highest BCUT2D eigenvalue weighted by Gasteiger charge is 2.33. The Balaban J connectivity index is 1.80. The number of aliphatic hydroxyl groups excluding tert-OH is 2. The van der Waals surface area contributed by atoms with Crippen molar-refractivity contribution in [3.05, 3.63) is 35.9 Å². The van der Waals surface area contributed by atoms with Crippen molar-refractivity contribution in [2.45, 2.75) is 31.5 Å². The Kier molecular flexibility index (Phi) is 3.90. The van der Waals surface area contributed by atoms with Crippen LogP contribution >= 0.6 is 0 Å². The molecule has 1 aromatic rings. The van der Waals surface area contributed by atoms with Gasteiger partial charge in [-0.15, -0.1) is 0 Å². The van der Waals surface area contributed by atoms with Crippen LogP contribution in [0.5, 0.6) is 0 Å². The fraction of sp³-hybridized carbons (Fsp3) is 0.500. The number of benzene rings is 1. The summed E-state index contributed by atoms with van der Waals surface area (Å²) in [6, 6.07) is 9.77. The van der Waals surface area contributed by atoms with Crippen molar-refractivity contribution in [3.63, 3.8) is 0 Å². The van der Waals surface area contributed by atoms with Crippen molar-refractivity contribution >= 4 is 0 Å². The maximum atomic E-state index is 9.49. The minimum Gasteiger partial charge on any atom is -0.394 e. The van der Waals surface area contributed by atoms with Gasteiger partial charge in [-0.25, -0.2) is 0 Å². The Hall–Kier alpha value is -0.940. The summed E-state index contributed by atoms with van der Waals surface area (Å²) >= 11 is 0. The lowest BCUT2D eigenvalue weighted by Crippen LogP contribution is -2.24. The zero-order valence-electron chi connectivity index (χ0n) is 8.95. The summed E-state index contributed by atoms with van der Waals surface area (Å²) in [7, 11) is 0. The number of rotatable bonds is 4. The molecule has 1 aliphatic rings. The Labute approximate surface area is 94.4 Å². The summed E-state index contributed by atoms with van der Waals surface area (Å²) in [5.41, 5.74) is 1.06. The van der Waals surface area contributed by atoms with Gasteiger partial charge in [0.15, 0.2) is 6.29 Å². The minimum absolute atomic E-state index is 0.174. The van der Waals surface area contributed by atoms with Crippen LogP contribution in [0.2, 0.25) is 0 Å². The van der Waals surface area contributed by atoms with Crippen molar-refractivity contribution in [2.24, 2.45) is 0 Å². The first kappa shape index (κ1) is 11.5. The molecular formula is C12H16O4. The van der Waals surface area contributed by atoms with Gasteiger partial charge in [0.2, 0.25) is 0 Å². The molecule has 1 fully saturated rings. The standard InChI is InChI=1S/C12H16O4/c13-7-11-10(14)6-12(16-11)15-8-9-4-2-1-3-5-9/h1-5,10-14H,6-8H2/t10-,11+,12-/m0/s1. The predicted octanol–water partition coefficient (Wildman–Crippen LogP) is 0.671. The summed E-state index contributed by atoms with van der Waals surface area (Å²) in [5, 5.41) is 18.4. The van der Waals surface area contributed by atoms with E-state index in [0.29, 0.717) is 13.0 Å². The number of ether oxygens (including phenoxy) is 2. The maximum absolute atomic E-state index is 9.49. The van der Waals surface area contributed by atoms with Crippen LogP contribution in [0.15, 0.2) is 30.3 Å². The molecule has 0 spiro atoms. The van der Waals surface area contributed by atoms with Gasteiger partial charge in [0.25, 0.3) is 0 Å². The summed E-state index contributed by atoms with van der Waals surface area (Å²) in [5.74, 6) is 0. The average molecular weight is 224 g/mol. The molecule has 0 radical (unpaired) electrons. The monoisotopic (exact) mass is 224 g/mol. The third kappa shape index (κ3) is 2.80. The second-order valence-corrected chi connectivity index (χ2v) is 3.89. The van der Waals surface area contributed by atoms with Gasteiger partial charge in [0.1, 0.15) is 6.10 Å². The lowest BCUT2D eigenvalue weighted by atomic mass is 10.2. The molecule has 2 N–H and O–H groups in total. The molecule has 1 saturated heterocycles. The van der Waals surface area contributed by atoms with Gasteiger partial charge in [-0.2, -0.15) is 0 Å². The van der Waals surface area contributed by atoms with Crippen LogP contribution in [0, 0.1) is 0 Å². The van der Waals surface area contributed by atoms with Crippen LogP contribution in [0.1, 0.15) is 12.0 Å². The molecule has 0 aliphatic carbocycles. The molecule has 16 heavy (non-hydrogen) atoms. The molecule has 0 amide bonds. The fourth-order valence-electron chi connectivity index (χ4n) is 1.73. The molecule has 0 aromatic heterocycles. The quantitative estimate of drug-likeness (QED) is 0.789. The fourth-order valence-corrected chi connectivity index (χ4v) is 1.73. The third-order valence-corrected chi connectivity index (χ3v) is 2.65. The van der Waals surface area contributed by atoms with Gasteiger partial charge in [-0.1, -0.05) is 30.3 Å². The van der Waals surface area contributed by atoms with Crippen molar-refractivity contribution in [1.29, 1.82) is 0 Å². The lowest BCUT2D eigenvalue weighted by Gasteiger charge is -2.12. The molecule has 4 nitrogen and oxygen atoms in total. The molecule has 1 heterocycles. The van der Waals surface area contributed by atoms with Crippen LogP contribution in [0.4, 0.5) is 0 Å². The van der Waals surface area contributed by atoms with Crippen molar-refractivity contribution in [1.82, 2.24) is 0 Å². The summed E-state index contributed by atoms with van der Waals surface area (Å²) in [4.78, 5) is 0. The van der Waals surface area contributed by atoms with Gasteiger partial charge >= 0.3 is 0 Å². The van der Waals surface area contributed by atoms with E-state index in [1.807, 2.05) is 30.3 Å². The van der Waals surface area contributed by atoms with E-state index >= 15 is 0 Å². The lowest BCUT2D eigenvalue weighted by molar-refractivity contribution is -0.149. The van der Waals surface area contributed by atoms with E-state index < -0.39 is 18.5 Å². The zero-order valence-corrected chi connectivity index (χ0v) is 8.95. The summed E-state index contributed by atoms with van der Waals surface area (Å²) in [6.07, 6.45) is -1.16. The van der Waals surface area contributed by atoms with E-state index in [9.17, 15) is 5.11 Å². The smallest absolute Gasteiger partial charge is 0.161 e. The van der Waals surface area contributed by atoms with E-state index in [-0.39, 0.29) is 6.61 Å². The normalized spacial score (nSPS) is 29.5. The Morgan fingerprint density at radius 3 is 2.69 bits per heavy atom. The Morgan fingerprint density at radius 1 is 1.31 bits per heavy atom. The Bertz CT molecular complexity index is 314. The van der Waals surface area contributed by atoms with Gasteiger partial charge < -0.3 is 19.7 Å². The highest BCUT2D eigenvalue weighted by Crippen LogP contribution is 2.21. The van der Waals surface area contributed by atoms with Crippen LogP contribution in [-0.2, 0) is 16.1 Å². The largest absolute Gasteiger partial charge is 0.394 e. The van der Waals surface area contributed by atoms with Gasteiger partial charge in [-0.05, 0) is 5.56 Å². The van der Waals surface area contributed by atoms with E-state index in [2.05, 4.69) is 0 Å². The second kappa shape index (κ2) is 5.41. The molecular weight excluding hydrogens is 208 g/mol. The highest BCUT2D eigenvalue weighted by molar-refractivity contribution is 5.13. The number of hydrogen-bond donors (Lipinski definition) is 2. The van der Waals surface area contributed by atoms with Crippen molar-refractivity contribution in [3.8, 4) is 0 Å². The average Bonchev–Trinajstić information content (AvgIpc) is 2.69. The predicted molar refractivity (Wildman–Crippen MR) is 57.6 cm³/mol. The van der Waals surface area contributed by atoms with E-state index in [0.717, 1.165) is 5.56 Å². The second-order valence-electron chi connectivity index (χ2n) is 3.89. The van der Waals surface area contributed by atoms with Gasteiger partial charge in [0, 0.05) is 6.42 Å². The minimum atomic E-state index is -0.634. The third-order valence-electron chi connectivity index (χ3n) is 2.65. The molecule has 3 atom stereocenters. The number of hydrogen-bond acceptors (Lipinski definition) is 4. The number of aliphatic hydroxyl groups is 2. The van der Waals surface area contributed by atoms with Crippen molar-refractivity contribution in [2.75, 3.05) is 6.61 Å². The first-order valence-corrected chi connectivity index (χ1v) is 5.39. The Morgan fingerprint density at radius 2 is 2.06 bits per heavy atom. The zero-order chi connectivity index (χ0) is 11.4. The van der Waals surface area contributed by atoms with E-state index in [1.54, 1.807) is 0 Å². The van der Waals surface area contributed by atoms with E-state index in [1.165, 1.54) is 0 Å². The van der Waals surface area contributed by atoms with Gasteiger partial charge in [0.05, 0.1) is 19.3 Å². The first-order valence-electron chi connectivity index (χ1n) is 5.39. The first-order chi connectivity index (χ1) is 7.79. The molecule has 1 aromatic carbocycles. The topological polar surface area (TPSA) is 58.9 Å². The molecule has 1 aliphatic heterocycles. The molecule has 0 bridgehead atoms. The SMILES string of the molecule is OC[C@H]1O[C@H](OCc2ccccc2)C[C@@H]1O. The van der Waals surface area contributed by atoms with Crippen LogP contribution in [0.3, 0.4) is 0 Å². The molecule has 0 saturated carbocycles. The molecule has 2 rings (SSSR count). The molecule has 0 unspecified atom stereocenters. The molecule has 4 heteroatoms. The van der Waals surface area contributed by atoms with E-state index in [4.69, 9.17) is 14.6 Å². The molecule has 88 valence electrons. The maximum Gasteiger partial charge on any atom is 0.161 e. The van der Waals surface area contributed by atoms with Crippen LogP contribution in [0.25, 0.3) is 0 Å². The van der Waals surface area contributed by atoms with Crippen molar-refractivity contribution < 1.29 is 19.7 Å².